The molecule has 0 spiro atoms. The molecule has 3 aromatic rings. The zero-order chi connectivity index (χ0) is 29.8. The first-order chi connectivity index (χ1) is 20.0. The molecule has 3 aliphatic rings. The van der Waals surface area contributed by atoms with Crippen molar-refractivity contribution in [2.24, 2.45) is 0 Å². The van der Waals surface area contributed by atoms with Gasteiger partial charge in [0, 0.05) is 29.1 Å². The molecule has 0 radical (unpaired) electrons. The van der Waals surface area contributed by atoms with Gasteiger partial charge in [0.15, 0.2) is 17.6 Å². The van der Waals surface area contributed by atoms with Crippen LogP contribution >= 0.6 is 0 Å². The number of amides is 2. The van der Waals surface area contributed by atoms with Crippen LogP contribution in [0.25, 0.3) is 28.4 Å². The summed E-state index contributed by atoms with van der Waals surface area (Å²) in [5.41, 5.74) is 2.47. The van der Waals surface area contributed by atoms with Gasteiger partial charge >= 0.3 is 12.1 Å². The van der Waals surface area contributed by atoms with Crippen molar-refractivity contribution in [3.63, 3.8) is 0 Å². The highest BCUT2D eigenvalue weighted by Gasteiger charge is 2.34. The van der Waals surface area contributed by atoms with Crippen molar-refractivity contribution in [2.75, 3.05) is 19.9 Å². The Labute approximate surface area is 239 Å². The Morgan fingerprint density at radius 1 is 1.12 bits per heavy atom. The van der Waals surface area contributed by atoms with E-state index in [0.29, 0.717) is 28.4 Å². The maximum absolute atomic E-state index is 13.4. The van der Waals surface area contributed by atoms with Crippen molar-refractivity contribution in [1.29, 1.82) is 0 Å². The largest absolute Gasteiger partial charge is 0.458 e. The molecule has 3 N–H and O–H groups in total. The van der Waals surface area contributed by atoms with Crippen LogP contribution in [-0.2, 0) is 32.2 Å². The molecule has 42 heavy (non-hydrogen) atoms. The number of pyridine rings is 2. The van der Waals surface area contributed by atoms with E-state index in [1.54, 1.807) is 43.5 Å². The van der Waals surface area contributed by atoms with Crippen molar-refractivity contribution in [3.05, 3.63) is 56.9 Å². The molecule has 1 unspecified atom stereocenters. The predicted molar refractivity (Wildman–Crippen MR) is 148 cm³/mol. The van der Waals surface area contributed by atoms with E-state index in [9.17, 15) is 24.3 Å². The Morgan fingerprint density at radius 2 is 1.88 bits per heavy atom. The Morgan fingerprint density at radius 3 is 2.64 bits per heavy atom. The highest BCUT2D eigenvalue weighted by Crippen LogP contribution is 2.42. The third-order valence-corrected chi connectivity index (χ3v) is 6.99. The fourth-order valence-electron chi connectivity index (χ4n) is 5.12. The first-order valence-electron chi connectivity index (χ1n) is 13.3. The lowest BCUT2D eigenvalue weighted by molar-refractivity contribution is -0.157. The predicted octanol–water partition coefficient (Wildman–Crippen LogP) is 1.90. The van der Waals surface area contributed by atoms with Gasteiger partial charge in [-0.2, -0.15) is 0 Å². The standard InChI is InChI=1S/C29H28N4O9/c1-29(2,3)42-28(38)31-10-23(34)30-6-4-5-14-15-8-21-22(41-13-40-21)9-19(15)32-24-17(14)11-33-20(24)7-16-18(26(33)36)12-39-27(37)25(16)35/h4-5,7-9,25,35H,6,10-13H2,1-3H3,(H,30,34)(H,31,38)/b5-4+. The smallest absolute Gasteiger partial charge is 0.408 e. The fraction of sp³-hybridized carbons (Fsp3) is 0.345. The van der Waals surface area contributed by atoms with Crippen LogP contribution in [0.2, 0.25) is 0 Å². The molecule has 6 rings (SSSR count). The summed E-state index contributed by atoms with van der Waals surface area (Å²) in [4.78, 5) is 54.3. The van der Waals surface area contributed by atoms with Crippen LogP contribution in [-0.4, -0.2) is 58.1 Å². The number of esters is 1. The van der Waals surface area contributed by atoms with Gasteiger partial charge in [-0.1, -0.05) is 12.2 Å². The number of fused-ring (bicyclic) bond motifs is 6. The number of benzene rings is 1. The maximum Gasteiger partial charge on any atom is 0.408 e. The molecule has 1 atom stereocenters. The summed E-state index contributed by atoms with van der Waals surface area (Å²) in [5, 5.41) is 16.3. The van der Waals surface area contributed by atoms with Crippen LogP contribution in [0.15, 0.2) is 29.1 Å². The molecule has 0 saturated carbocycles. The van der Waals surface area contributed by atoms with E-state index in [4.69, 9.17) is 23.9 Å². The number of hydrogen-bond acceptors (Lipinski definition) is 10. The van der Waals surface area contributed by atoms with Crippen molar-refractivity contribution in [1.82, 2.24) is 20.2 Å². The third kappa shape index (κ3) is 4.91. The fourth-order valence-corrected chi connectivity index (χ4v) is 5.12. The number of aromatic nitrogens is 2. The zero-order valence-electron chi connectivity index (χ0n) is 23.1. The minimum absolute atomic E-state index is 0.0816. The molecular weight excluding hydrogens is 548 g/mol. The second-order valence-corrected chi connectivity index (χ2v) is 11.0. The monoisotopic (exact) mass is 576 g/mol. The summed E-state index contributed by atoms with van der Waals surface area (Å²) in [5.74, 6) is -0.120. The van der Waals surface area contributed by atoms with Gasteiger partial charge in [0.1, 0.15) is 18.8 Å². The normalized spacial score (nSPS) is 16.6. The average Bonchev–Trinajstić information content (AvgIpc) is 3.54. The Kier molecular flexibility index (Phi) is 6.61. The van der Waals surface area contributed by atoms with Crippen molar-refractivity contribution < 1.29 is 38.4 Å². The summed E-state index contributed by atoms with van der Waals surface area (Å²) >= 11 is 0. The van der Waals surface area contributed by atoms with Gasteiger partial charge < -0.3 is 39.3 Å². The summed E-state index contributed by atoms with van der Waals surface area (Å²) in [6.07, 6.45) is 1.33. The number of aliphatic hydroxyl groups is 1. The lowest BCUT2D eigenvalue weighted by atomic mass is 9.98. The van der Waals surface area contributed by atoms with Crippen molar-refractivity contribution >= 4 is 34.9 Å². The quantitative estimate of drug-likeness (QED) is 0.299. The number of nitrogens with one attached hydrogen (secondary N) is 2. The van der Waals surface area contributed by atoms with E-state index < -0.39 is 29.7 Å². The SMILES string of the molecule is CC(C)(C)OC(=O)NCC(=O)NC/C=C/c1c2c(nc3cc4c(cc13)OCO4)-c1cc3c(c(=O)n1C2)COC(=O)C3O. The van der Waals surface area contributed by atoms with E-state index in [-0.39, 0.29) is 49.7 Å². The molecule has 218 valence electrons. The van der Waals surface area contributed by atoms with E-state index >= 15 is 0 Å². The summed E-state index contributed by atoms with van der Waals surface area (Å²) in [6.45, 7) is 5.16. The number of rotatable bonds is 5. The molecule has 0 aliphatic carbocycles. The average molecular weight is 577 g/mol. The van der Waals surface area contributed by atoms with Gasteiger partial charge in [0.05, 0.1) is 29.0 Å². The number of nitrogens with zero attached hydrogens (tertiary/aromatic N) is 2. The topological polar surface area (TPSA) is 167 Å². The van der Waals surface area contributed by atoms with Crippen LogP contribution in [0.5, 0.6) is 11.5 Å². The molecule has 0 bridgehead atoms. The molecule has 13 nitrogen and oxygen atoms in total. The number of ether oxygens (including phenoxy) is 4. The van der Waals surface area contributed by atoms with Crippen molar-refractivity contribution in [3.8, 4) is 22.9 Å². The van der Waals surface area contributed by atoms with E-state index in [1.165, 1.54) is 0 Å². The van der Waals surface area contributed by atoms with Gasteiger partial charge in [-0.25, -0.2) is 14.6 Å². The van der Waals surface area contributed by atoms with E-state index in [1.807, 2.05) is 12.1 Å². The second kappa shape index (κ2) is 10.2. The molecule has 0 saturated heterocycles. The highest BCUT2D eigenvalue weighted by atomic mass is 16.7. The zero-order valence-corrected chi connectivity index (χ0v) is 23.1. The van der Waals surface area contributed by atoms with Gasteiger partial charge in [0.25, 0.3) is 5.56 Å². The Balaban J connectivity index is 1.31. The van der Waals surface area contributed by atoms with Gasteiger partial charge in [-0.3, -0.25) is 9.59 Å². The minimum atomic E-state index is -1.56. The van der Waals surface area contributed by atoms with Crippen LogP contribution in [0.3, 0.4) is 0 Å². The van der Waals surface area contributed by atoms with E-state index in [2.05, 4.69) is 10.6 Å². The summed E-state index contributed by atoms with van der Waals surface area (Å²) in [6, 6.07) is 5.19. The minimum Gasteiger partial charge on any atom is -0.458 e. The number of aliphatic hydroxyl groups excluding tert-OH is 1. The number of cyclic esters (lactones) is 1. The first-order valence-corrected chi connectivity index (χ1v) is 13.3. The van der Waals surface area contributed by atoms with Crippen molar-refractivity contribution in [2.45, 2.75) is 45.6 Å². The van der Waals surface area contributed by atoms with Gasteiger partial charge in [-0.15, -0.1) is 0 Å². The van der Waals surface area contributed by atoms with Crippen LogP contribution in [0.1, 0.15) is 49.1 Å². The molecule has 0 fully saturated rings. The van der Waals surface area contributed by atoms with Crippen LogP contribution in [0, 0.1) is 0 Å². The number of carbonyl (C=O) groups excluding carboxylic acids is 3. The second-order valence-electron chi connectivity index (χ2n) is 11.0. The first kappa shape index (κ1) is 27.3. The lowest BCUT2D eigenvalue weighted by Crippen LogP contribution is -2.39. The molecule has 2 aromatic heterocycles. The molecule has 5 heterocycles. The highest BCUT2D eigenvalue weighted by molar-refractivity contribution is 5.95. The molecule has 2 amide bonds. The molecule has 3 aliphatic heterocycles. The molecular formula is C29H28N4O9. The van der Waals surface area contributed by atoms with Crippen LogP contribution in [0.4, 0.5) is 4.79 Å². The number of hydrogen-bond donors (Lipinski definition) is 3. The summed E-state index contributed by atoms with van der Waals surface area (Å²) in [7, 11) is 0. The maximum atomic E-state index is 13.4. The Bertz CT molecular complexity index is 1750. The number of carbonyl (C=O) groups is 3. The van der Waals surface area contributed by atoms with Gasteiger partial charge in [0.2, 0.25) is 12.7 Å². The third-order valence-electron chi connectivity index (χ3n) is 6.99. The molecule has 13 heteroatoms. The number of alkyl carbamates (subject to hydrolysis) is 1. The Hall–Kier alpha value is -4.91. The van der Waals surface area contributed by atoms with E-state index in [0.717, 1.165) is 16.5 Å². The van der Waals surface area contributed by atoms with Crippen LogP contribution < -0.4 is 25.7 Å². The molecule has 1 aromatic carbocycles. The van der Waals surface area contributed by atoms with Gasteiger partial charge in [-0.05, 0) is 38.5 Å². The summed E-state index contributed by atoms with van der Waals surface area (Å²) < 4.78 is 22.8. The lowest BCUT2D eigenvalue weighted by Gasteiger charge is -2.21.